The molecule has 0 spiro atoms. The Morgan fingerprint density at radius 2 is 2.41 bits per heavy atom. The molecule has 1 heterocycles. The fourth-order valence-electron chi connectivity index (χ4n) is 1.82. The minimum atomic E-state index is -0.123. The Hall–Kier alpha value is -1.07. The molecular weight excluding hydrogens is 284 g/mol. The van der Waals surface area contributed by atoms with Crippen LogP contribution < -0.4 is 11.1 Å². The molecule has 1 aromatic carbocycles. The van der Waals surface area contributed by atoms with Crippen LogP contribution in [0.15, 0.2) is 22.7 Å². The van der Waals surface area contributed by atoms with Gasteiger partial charge in [0.2, 0.25) is 0 Å². The van der Waals surface area contributed by atoms with Crippen molar-refractivity contribution in [3.63, 3.8) is 0 Å². The van der Waals surface area contributed by atoms with Crippen molar-refractivity contribution in [1.29, 1.82) is 0 Å². The minimum absolute atomic E-state index is 0.123. The van der Waals surface area contributed by atoms with Gasteiger partial charge in [-0.1, -0.05) is 15.9 Å². The van der Waals surface area contributed by atoms with Crippen molar-refractivity contribution in [2.45, 2.75) is 6.42 Å². The van der Waals surface area contributed by atoms with Crippen LogP contribution >= 0.6 is 15.9 Å². The fourth-order valence-corrected chi connectivity index (χ4v) is 2.20. The molecule has 0 bridgehead atoms. The molecule has 1 aliphatic heterocycles. The Balaban J connectivity index is 1.94. The van der Waals surface area contributed by atoms with Crippen LogP contribution in [0.4, 0.5) is 5.69 Å². The molecule has 4 nitrogen and oxygen atoms in total. The molecule has 0 aliphatic carbocycles. The van der Waals surface area contributed by atoms with E-state index in [1.807, 2.05) is 6.07 Å². The largest absolute Gasteiger partial charge is 0.398 e. The standard InChI is InChI=1S/C12H15BrN2O2/c13-9-1-2-10(11(14)5-9)12(16)15-6-8-3-4-17-7-8/h1-2,5,8H,3-4,6-7,14H2,(H,15,16). The van der Waals surface area contributed by atoms with E-state index in [0.29, 0.717) is 23.7 Å². The zero-order valence-corrected chi connectivity index (χ0v) is 11.0. The van der Waals surface area contributed by atoms with Crippen molar-refractivity contribution in [2.75, 3.05) is 25.5 Å². The smallest absolute Gasteiger partial charge is 0.253 e. The summed E-state index contributed by atoms with van der Waals surface area (Å²) in [5, 5.41) is 2.89. The second-order valence-corrected chi connectivity index (χ2v) is 5.09. The number of rotatable bonds is 3. The molecule has 92 valence electrons. The Bertz CT molecular complexity index is 417. The number of anilines is 1. The molecule has 5 heteroatoms. The maximum atomic E-state index is 11.9. The number of hydrogen-bond acceptors (Lipinski definition) is 3. The van der Waals surface area contributed by atoms with Crippen LogP contribution in [0.2, 0.25) is 0 Å². The SMILES string of the molecule is Nc1cc(Br)ccc1C(=O)NCC1CCOC1. The highest BCUT2D eigenvalue weighted by molar-refractivity contribution is 9.10. The molecule has 1 atom stereocenters. The fraction of sp³-hybridized carbons (Fsp3) is 0.417. The van der Waals surface area contributed by atoms with Gasteiger partial charge in [-0.3, -0.25) is 4.79 Å². The highest BCUT2D eigenvalue weighted by atomic mass is 79.9. The van der Waals surface area contributed by atoms with Crippen molar-refractivity contribution in [3.8, 4) is 0 Å². The number of carbonyl (C=O) groups excluding carboxylic acids is 1. The van der Waals surface area contributed by atoms with E-state index in [2.05, 4.69) is 21.2 Å². The molecule has 0 saturated carbocycles. The van der Waals surface area contributed by atoms with Crippen LogP contribution in [0.5, 0.6) is 0 Å². The summed E-state index contributed by atoms with van der Waals surface area (Å²) in [6.45, 7) is 2.17. The Labute approximate surface area is 109 Å². The van der Waals surface area contributed by atoms with Gasteiger partial charge in [-0.25, -0.2) is 0 Å². The molecule has 1 fully saturated rings. The van der Waals surface area contributed by atoms with E-state index in [-0.39, 0.29) is 5.91 Å². The molecule has 3 N–H and O–H groups in total. The molecule has 1 saturated heterocycles. The van der Waals surface area contributed by atoms with Gasteiger partial charge in [0.25, 0.3) is 5.91 Å². The third kappa shape index (κ3) is 3.20. The van der Waals surface area contributed by atoms with E-state index < -0.39 is 0 Å². The molecule has 1 amide bonds. The highest BCUT2D eigenvalue weighted by Gasteiger charge is 2.17. The lowest BCUT2D eigenvalue weighted by Crippen LogP contribution is -2.30. The van der Waals surface area contributed by atoms with Gasteiger partial charge in [0.15, 0.2) is 0 Å². The second kappa shape index (κ2) is 5.51. The van der Waals surface area contributed by atoms with E-state index in [1.165, 1.54) is 0 Å². The van der Waals surface area contributed by atoms with Gasteiger partial charge in [-0.2, -0.15) is 0 Å². The molecule has 17 heavy (non-hydrogen) atoms. The van der Waals surface area contributed by atoms with Gasteiger partial charge < -0.3 is 15.8 Å². The van der Waals surface area contributed by atoms with Crippen molar-refractivity contribution >= 4 is 27.5 Å². The van der Waals surface area contributed by atoms with Crippen molar-refractivity contribution in [1.82, 2.24) is 5.32 Å². The number of carbonyl (C=O) groups is 1. The summed E-state index contributed by atoms with van der Waals surface area (Å²) in [4.78, 5) is 11.9. The van der Waals surface area contributed by atoms with Crippen LogP contribution in [0.1, 0.15) is 16.8 Å². The van der Waals surface area contributed by atoms with Gasteiger partial charge >= 0.3 is 0 Å². The van der Waals surface area contributed by atoms with Crippen molar-refractivity contribution in [3.05, 3.63) is 28.2 Å². The zero-order chi connectivity index (χ0) is 12.3. The topological polar surface area (TPSA) is 64.4 Å². The van der Waals surface area contributed by atoms with Gasteiger partial charge in [-0.15, -0.1) is 0 Å². The van der Waals surface area contributed by atoms with Gasteiger partial charge in [0.05, 0.1) is 12.2 Å². The van der Waals surface area contributed by atoms with E-state index in [1.54, 1.807) is 12.1 Å². The summed E-state index contributed by atoms with van der Waals surface area (Å²) < 4.78 is 6.12. The first-order valence-corrected chi connectivity index (χ1v) is 6.37. The highest BCUT2D eigenvalue weighted by Crippen LogP contribution is 2.18. The number of nitrogens with two attached hydrogens (primary N) is 1. The number of halogens is 1. The maximum Gasteiger partial charge on any atom is 0.253 e. The summed E-state index contributed by atoms with van der Waals surface area (Å²) in [5.74, 6) is 0.303. The maximum absolute atomic E-state index is 11.9. The Morgan fingerprint density at radius 3 is 3.06 bits per heavy atom. The molecule has 1 unspecified atom stereocenters. The zero-order valence-electron chi connectivity index (χ0n) is 9.41. The predicted molar refractivity (Wildman–Crippen MR) is 69.8 cm³/mol. The van der Waals surface area contributed by atoms with Crippen LogP contribution in [-0.4, -0.2) is 25.7 Å². The molecule has 0 radical (unpaired) electrons. The number of amides is 1. The summed E-state index contributed by atoms with van der Waals surface area (Å²) in [6, 6.07) is 5.26. The van der Waals surface area contributed by atoms with Gasteiger partial charge in [0.1, 0.15) is 0 Å². The average molecular weight is 299 g/mol. The number of hydrogen-bond donors (Lipinski definition) is 2. The average Bonchev–Trinajstić information content (AvgIpc) is 2.78. The van der Waals surface area contributed by atoms with Gasteiger partial charge in [0, 0.05) is 29.2 Å². The lowest BCUT2D eigenvalue weighted by Gasteiger charge is -2.10. The lowest BCUT2D eigenvalue weighted by atomic mass is 10.1. The van der Waals surface area contributed by atoms with Crippen molar-refractivity contribution in [2.24, 2.45) is 5.92 Å². The van der Waals surface area contributed by atoms with Crippen LogP contribution in [0.3, 0.4) is 0 Å². The third-order valence-corrected chi connectivity index (χ3v) is 3.33. The first kappa shape index (κ1) is 12.4. The van der Waals surface area contributed by atoms with E-state index in [4.69, 9.17) is 10.5 Å². The Kier molecular flexibility index (Phi) is 4.02. The molecule has 1 aromatic rings. The van der Waals surface area contributed by atoms with Crippen LogP contribution in [-0.2, 0) is 4.74 Å². The lowest BCUT2D eigenvalue weighted by molar-refractivity contribution is 0.0946. The minimum Gasteiger partial charge on any atom is -0.398 e. The molecule has 0 aromatic heterocycles. The number of nitrogen functional groups attached to an aromatic ring is 1. The van der Waals surface area contributed by atoms with E-state index in [0.717, 1.165) is 24.1 Å². The molecule has 2 rings (SSSR count). The normalized spacial score (nSPS) is 19.2. The van der Waals surface area contributed by atoms with E-state index >= 15 is 0 Å². The van der Waals surface area contributed by atoms with E-state index in [9.17, 15) is 4.79 Å². The van der Waals surface area contributed by atoms with Crippen LogP contribution in [0.25, 0.3) is 0 Å². The first-order valence-electron chi connectivity index (χ1n) is 5.58. The molecular formula is C12H15BrN2O2. The monoisotopic (exact) mass is 298 g/mol. The van der Waals surface area contributed by atoms with Gasteiger partial charge in [-0.05, 0) is 24.6 Å². The first-order chi connectivity index (χ1) is 8.16. The number of ether oxygens (including phenoxy) is 1. The number of nitrogens with one attached hydrogen (secondary N) is 1. The number of benzene rings is 1. The van der Waals surface area contributed by atoms with Crippen LogP contribution in [0, 0.1) is 5.92 Å². The predicted octanol–water partition coefficient (Wildman–Crippen LogP) is 1.80. The summed E-state index contributed by atoms with van der Waals surface area (Å²) >= 11 is 3.31. The Morgan fingerprint density at radius 1 is 1.59 bits per heavy atom. The molecule has 1 aliphatic rings. The quantitative estimate of drug-likeness (QED) is 0.837. The summed E-state index contributed by atoms with van der Waals surface area (Å²) in [7, 11) is 0. The second-order valence-electron chi connectivity index (χ2n) is 4.17. The summed E-state index contributed by atoms with van der Waals surface area (Å²) in [6.07, 6.45) is 1.01. The third-order valence-electron chi connectivity index (χ3n) is 2.83. The summed E-state index contributed by atoms with van der Waals surface area (Å²) in [5.41, 5.74) is 6.80. The van der Waals surface area contributed by atoms with Crippen molar-refractivity contribution < 1.29 is 9.53 Å².